The Hall–Kier alpha value is -2.30. The molecule has 0 bridgehead atoms. The molecule has 5 heteroatoms. The Bertz CT molecular complexity index is 667. The van der Waals surface area contributed by atoms with Gasteiger partial charge < -0.3 is 14.6 Å². The molecule has 2 aromatic rings. The number of rotatable bonds is 4. The standard InChI is InChI=1S/C15H17FN2O2/c1-10(11-4-6-14(20-3)13(16)8-11)17-12-5-7-15(19)18(2)9-12/h4-10,17H,1-3H3. The second-order valence-corrected chi connectivity index (χ2v) is 4.63. The second kappa shape index (κ2) is 5.77. The molecule has 1 aromatic heterocycles. The lowest BCUT2D eigenvalue weighted by Crippen LogP contribution is -2.16. The number of halogens is 1. The number of pyridine rings is 1. The number of methoxy groups -OCH3 is 1. The molecular formula is C15H17FN2O2. The van der Waals surface area contributed by atoms with Gasteiger partial charge in [-0.25, -0.2) is 4.39 Å². The maximum atomic E-state index is 13.7. The average Bonchev–Trinajstić information content (AvgIpc) is 2.42. The number of ether oxygens (including phenoxy) is 1. The molecule has 2 rings (SSSR count). The highest BCUT2D eigenvalue weighted by Crippen LogP contribution is 2.23. The van der Waals surface area contributed by atoms with Crippen LogP contribution in [0, 0.1) is 5.82 Å². The lowest BCUT2D eigenvalue weighted by molar-refractivity contribution is 0.386. The molecule has 106 valence electrons. The van der Waals surface area contributed by atoms with Crippen molar-refractivity contribution in [2.75, 3.05) is 12.4 Å². The van der Waals surface area contributed by atoms with Crippen molar-refractivity contribution >= 4 is 5.69 Å². The molecule has 0 amide bonds. The summed E-state index contributed by atoms with van der Waals surface area (Å²) < 4.78 is 20.1. The van der Waals surface area contributed by atoms with Gasteiger partial charge in [-0.3, -0.25) is 4.79 Å². The van der Waals surface area contributed by atoms with Gasteiger partial charge in [0.1, 0.15) is 0 Å². The van der Waals surface area contributed by atoms with Crippen LogP contribution in [0.25, 0.3) is 0 Å². The van der Waals surface area contributed by atoms with E-state index in [1.165, 1.54) is 23.8 Å². The molecule has 0 aliphatic rings. The Balaban J connectivity index is 2.19. The number of benzene rings is 1. The van der Waals surface area contributed by atoms with Crippen LogP contribution in [-0.2, 0) is 7.05 Å². The van der Waals surface area contributed by atoms with Crippen molar-refractivity contribution < 1.29 is 9.13 Å². The molecule has 0 saturated carbocycles. The minimum Gasteiger partial charge on any atom is -0.494 e. The third-order valence-electron chi connectivity index (χ3n) is 3.14. The van der Waals surface area contributed by atoms with Crippen LogP contribution in [0.3, 0.4) is 0 Å². The van der Waals surface area contributed by atoms with Crippen LogP contribution in [-0.4, -0.2) is 11.7 Å². The molecule has 0 saturated heterocycles. The fourth-order valence-corrected chi connectivity index (χ4v) is 1.96. The minimum atomic E-state index is -0.390. The topological polar surface area (TPSA) is 43.3 Å². The van der Waals surface area contributed by atoms with E-state index in [1.807, 2.05) is 13.0 Å². The lowest BCUT2D eigenvalue weighted by atomic mass is 10.1. The van der Waals surface area contributed by atoms with E-state index < -0.39 is 0 Å². The van der Waals surface area contributed by atoms with Crippen LogP contribution in [0.15, 0.2) is 41.3 Å². The van der Waals surface area contributed by atoms with Gasteiger partial charge in [-0.1, -0.05) is 6.07 Å². The molecule has 1 N–H and O–H groups in total. The molecule has 1 unspecified atom stereocenters. The third kappa shape index (κ3) is 2.99. The molecule has 0 spiro atoms. The van der Waals surface area contributed by atoms with E-state index in [0.717, 1.165) is 11.3 Å². The van der Waals surface area contributed by atoms with Gasteiger partial charge in [0, 0.05) is 25.4 Å². The van der Waals surface area contributed by atoms with E-state index in [1.54, 1.807) is 25.4 Å². The van der Waals surface area contributed by atoms with Crippen molar-refractivity contribution in [3.8, 4) is 5.75 Å². The predicted octanol–water partition coefficient (Wildman–Crippen LogP) is 2.71. The van der Waals surface area contributed by atoms with Crippen molar-refractivity contribution in [2.45, 2.75) is 13.0 Å². The van der Waals surface area contributed by atoms with Crippen LogP contribution >= 0.6 is 0 Å². The average molecular weight is 276 g/mol. The summed E-state index contributed by atoms with van der Waals surface area (Å²) in [6.07, 6.45) is 1.71. The van der Waals surface area contributed by atoms with Crippen LogP contribution in [0.2, 0.25) is 0 Å². The summed E-state index contributed by atoms with van der Waals surface area (Å²) in [7, 11) is 3.12. The third-order valence-corrected chi connectivity index (χ3v) is 3.14. The Kier molecular flexibility index (Phi) is 4.08. The molecule has 1 atom stereocenters. The first-order valence-electron chi connectivity index (χ1n) is 6.28. The maximum absolute atomic E-state index is 13.7. The normalized spacial score (nSPS) is 12.0. The van der Waals surface area contributed by atoms with Crippen LogP contribution < -0.4 is 15.6 Å². The summed E-state index contributed by atoms with van der Waals surface area (Å²) in [5, 5.41) is 3.22. The molecule has 4 nitrogen and oxygen atoms in total. The van der Waals surface area contributed by atoms with Crippen molar-refractivity contribution in [3.05, 3.63) is 58.3 Å². The summed E-state index contributed by atoms with van der Waals surface area (Å²) in [5.74, 6) is -0.165. The Morgan fingerprint density at radius 2 is 2.05 bits per heavy atom. The van der Waals surface area contributed by atoms with Gasteiger partial charge in [-0.05, 0) is 30.7 Å². The monoisotopic (exact) mass is 276 g/mol. The quantitative estimate of drug-likeness (QED) is 0.933. The summed E-state index contributed by atoms with van der Waals surface area (Å²) in [6.45, 7) is 1.92. The molecular weight excluding hydrogens is 259 g/mol. The summed E-state index contributed by atoms with van der Waals surface area (Å²) in [4.78, 5) is 11.3. The Morgan fingerprint density at radius 1 is 1.30 bits per heavy atom. The predicted molar refractivity (Wildman–Crippen MR) is 76.7 cm³/mol. The maximum Gasteiger partial charge on any atom is 0.250 e. The number of hydrogen-bond donors (Lipinski definition) is 1. The fraction of sp³-hybridized carbons (Fsp3) is 0.267. The van der Waals surface area contributed by atoms with Crippen molar-refractivity contribution in [3.63, 3.8) is 0 Å². The number of nitrogens with one attached hydrogen (secondary N) is 1. The number of nitrogens with zero attached hydrogens (tertiary/aromatic N) is 1. The zero-order valence-corrected chi connectivity index (χ0v) is 11.7. The molecule has 0 radical (unpaired) electrons. The highest BCUT2D eigenvalue weighted by atomic mass is 19.1. The van der Waals surface area contributed by atoms with Crippen molar-refractivity contribution in [2.24, 2.45) is 7.05 Å². The molecule has 0 aliphatic heterocycles. The lowest BCUT2D eigenvalue weighted by Gasteiger charge is -2.16. The molecule has 0 aliphatic carbocycles. The van der Waals surface area contributed by atoms with Gasteiger partial charge in [-0.15, -0.1) is 0 Å². The van der Waals surface area contributed by atoms with Gasteiger partial charge in [-0.2, -0.15) is 0 Å². The van der Waals surface area contributed by atoms with Gasteiger partial charge in [0.25, 0.3) is 0 Å². The number of anilines is 1. The largest absolute Gasteiger partial charge is 0.494 e. The smallest absolute Gasteiger partial charge is 0.250 e. The minimum absolute atomic E-state index is 0.0707. The molecule has 20 heavy (non-hydrogen) atoms. The fourth-order valence-electron chi connectivity index (χ4n) is 1.96. The Morgan fingerprint density at radius 3 is 2.65 bits per heavy atom. The van der Waals surface area contributed by atoms with Gasteiger partial charge in [0.05, 0.1) is 12.8 Å². The van der Waals surface area contributed by atoms with Crippen LogP contribution in [0.4, 0.5) is 10.1 Å². The van der Waals surface area contributed by atoms with E-state index >= 15 is 0 Å². The van der Waals surface area contributed by atoms with Gasteiger partial charge in [0.2, 0.25) is 5.56 Å². The van der Waals surface area contributed by atoms with Crippen LogP contribution in [0.1, 0.15) is 18.5 Å². The van der Waals surface area contributed by atoms with E-state index in [2.05, 4.69) is 5.32 Å². The van der Waals surface area contributed by atoms with Crippen molar-refractivity contribution in [1.82, 2.24) is 4.57 Å². The zero-order chi connectivity index (χ0) is 14.7. The van der Waals surface area contributed by atoms with E-state index in [0.29, 0.717) is 0 Å². The van der Waals surface area contributed by atoms with Crippen LogP contribution in [0.5, 0.6) is 5.75 Å². The summed E-state index contributed by atoms with van der Waals surface area (Å²) in [5.41, 5.74) is 1.53. The van der Waals surface area contributed by atoms with Gasteiger partial charge >= 0.3 is 0 Å². The molecule has 1 heterocycles. The van der Waals surface area contributed by atoms with Gasteiger partial charge in [0.15, 0.2) is 11.6 Å². The highest BCUT2D eigenvalue weighted by molar-refractivity contribution is 5.43. The number of aryl methyl sites for hydroxylation is 1. The Labute approximate surface area is 116 Å². The molecule has 1 aromatic carbocycles. The molecule has 0 fully saturated rings. The number of aromatic nitrogens is 1. The van der Waals surface area contributed by atoms with E-state index in [-0.39, 0.29) is 23.2 Å². The second-order valence-electron chi connectivity index (χ2n) is 4.63. The SMILES string of the molecule is COc1ccc(C(C)Nc2ccc(=O)n(C)c2)cc1F. The van der Waals surface area contributed by atoms with E-state index in [4.69, 9.17) is 4.74 Å². The summed E-state index contributed by atoms with van der Waals surface area (Å²) >= 11 is 0. The van der Waals surface area contributed by atoms with Crippen molar-refractivity contribution in [1.29, 1.82) is 0 Å². The number of hydrogen-bond acceptors (Lipinski definition) is 3. The summed E-state index contributed by atoms with van der Waals surface area (Å²) in [6, 6.07) is 7.96. The highest BCUT2D eigenvalue weighted by Gasteiger charge is 2.09. The first kappa shape index (κ1) is 14.1. The first-order valence-corrected chi connectivity index (χ1v) is 6.28. The van der Waals surface area contributed by atoms with E-state index in [9.17, 15) is 9.18 Å². The first-order chi connectivity index (χ1) is 9.51. The zero-order valence-electron chi connectivity index (χ0n) is 11.7.